The molecule has 1 saturated heterocycles. The van der Waals surface area contributed by atoms with Gasteiger partial charge in [0.25, 0.3) is 0 Å². The van der Waals surface area contributed by atoms with Crippen molar-refractivity contribution in [2.24, 2.45) is 0 Å². The molecule has 1 fully saturated rings. The molecule has 1 N–H and O–H groups in total. The molecule has 0 spiro atoms. The van der Waals surface area contributed by atoms with Crippen LogP contribution >= 0.6 is 0 Å². The van der Waals surface area contributed by atoms with Crippen molar-refractivity contribution in [3.8, 4) is 5.69 Å². The second-order valence-electron chi connectivity index (χ2n) is 6.21. The third-order valence-electron chi connectivity index (χ3n) is 4.65. The molecule has 134 valence electrons. The number of aromatic nitrogens is 2. The van der Waals surface area contributed by atoms with E-state index in [1.165, 1.54) is 10.7 Å². The zero-order chi connectivity index (χ0) is 17.8. The van der Waals surface area contributed by atoms with Crippen molar-refractivity contribution in [2.75, 3.05) is 38.0 Å². The normalized spacial score (nSPS) is 15.9. The number of nitrogens with one attached hydrogen (secondary N) is 1. The Bertz CT molecular complexity index is 745. The highest BCUT2D eigenvalue weighted by Gasteiger charge is 2.20. The lowest BCUT2D eigenvalue weighted by Gasteiger charge is -2.21. The Labute approximate surface area is 147 Å². The zero-order valence-corrected chi connectivity index (χ0v) is 14.7. The average molecular weight is 345 g/mol. The fourth-order valence-corrected chi connectivity index (χ4v) is 3.08. The van der Waals surface area contributed by atoms with Gasteiger partial charge in [-0.25, -0.2) is 13.9 Å². The van der Waals surface area contributed by atoms with Crippen molar-refractivity contribution in [2.45, 2.75) is 20.3 Å². The smallest absolute Gasteiger partial charge is 0.321 e. The van der Waals surface area contributed by atoms with Gasteiger partial charge in [0.15, 0.2) is 0 Å². The van der Waals surface area contributed by atoms with Crippen LogP contribution in [-0.4, -0.2) is 58.3 Å². The maximum absolute atomic E-state index is 14.0. The summed E-state index contributed by atoms with van der Waals surface area (Å²) in [6.45, 7) is 8.31. The number of anilines is 1. The van der Waals surface area contributed by atoms with Gasteiger partial charge in [-0.05, 0) is 38.6 Å². The first-order valence-corrected chi connectivity index (χ1v) is 8.68. The number of para-hydroxylation sites is 1. The summed E-state index contributed by atoms with van der Waals surface area (Å²) in [6.07, 6.45) is 2.53. The highest BCUT2D eigenvalue weighted by atomic mass is 19.1. The minimum atomic E-state index is -0.348. The summed E-state index contributed by atoms with van der Waals surface area (Å²) in [5.41, 5.74) is 1.67. The molecule has 0 atom stereocenters. The zero-order valence-electron chi connectivity index (χ0n) is 14.7. The Morgan fingerprint density at radius 3 is 2.80 bits per heavy atom. The van der Waals surface area contributed by atoms with Gasteiger partial charge in [-0.15, -0.1) is 0 Å². The lowest BCUT2D eigenvalue weighted by Crippen LogP contribution is -2.38. The summed E-state index contributed by atoms with van der Waals surface area (Å²) >= 11 is 0. The number of amides is 2. The van der Waals surface area contributed by atoms with E-state index in [9.17, 15) is 9.18 Å². The predicted molar refractivity (Wildman–Crippen MR) is 95.6 cm³/mol. The van der Waals surface area contributed by atoms with Crippen LogP contribution in [0.25, 0.3) is 5.69 Å². The number of hydrogen-bond acceptors (Lipinski definition) is 3. The molecular formula is C18H24FN5O. The molecule has 2 amide bonds. The Kier molecular flexibility index (Phi) is 5.33. The molecule has 1 aliphatic rings. The van der Waals surface area contributed by atoms with Gasteiger partial charge in [-0.2, -0.15) is 5.10 Å². The van der Waals surface area contributed by atoms with Crippen LogP contribution < -0.4 is 5.32 Å². The van der Waals surface area contributed by atoms with Crippen LogP contribution in [0.2, 0.25) is 0 Å². The van der Waals surface area contributed by atoms with Gasteiger partial charge in [0.05, 0.1) is 17.6 Å². The van der Waals surface area contributed by atoms with E-state index in [2.05, 4.69) is 22.2 Å². The fourth-order valence-electron chi connectivity index (χ4n) is 3.08. The first-order chi connectivity index (χ1) is 12.1. The number of benzene rings is 1. The van der Waals surface area contributed by atoms with Crippen molar-refractivity contribution in [1.82, 2.24) is 19.6 Å². The minimum absolute atomic E-state index is 0.130. The van der Waals surface area contributed by atoms with Crippen molar-refractivity contribution in [3.05, 3.63) is 42.0 Å². The standard InChI is InChI=1S/C18H24FN5O/c1-3-22-9-6-10-23(12-11-22)18(25)21-16-13-20-24(14(16)2)17-8-5-4-7-15(17)19/h4-5,7-8,13H,3,6,9-12H2,1-2H3,(H,21,25). The van der Waals surface area contributed by atoms with Crippen molar-refractivity contribution < 1.29 is 9.18 Å². The second kappa shape index (κ2) is 7.65. The third kappa shape index (κ3) is 3.82. The molecule has 1 aromatic carbocycles. The van der Waals surface area contributed by atoms with E-state index in [1.54, 1.807) is 24.4 Å². The third-order valence-corrected chi connectivity index (χ3v) is 4.65. The Balaban J connectivity index is 1.71. The first-order valence-electron chi connectivity index (χ1n) is 8.68. The van der Waals surface area contributed by atoms with Gasteiger partial charge in [0.1, 0.15) is 11.5 Å². The van der Waals surface area contributed by atoms with E-state index in [4.69, 9.17) is 0 Å². The average Bonchev–Trinajstić information content (AvgIpc) is 2.84. The van der Waals surface area contributed by atoms with Gasteiger partial charge in [-0.3, -0.25) is 0 Å². The molecule has 0 saturated carbocycles. The first kappa shape index (κ1) is 17.4. The number of nitrogens with zero attached hydrogens (tertiary/aromatic N) is 4. The fraction of sp³-hybridized carbons (Fsp3) is 0.444. The Morgan fingerprint density at radius 2 is 2.04 bits per heavy atom. The highest BCUT2D eigenvalue weighted by Crippen LogP contribution is 2.20. The Morgan fingerprint density at radius 1 is 1.24 bits per heavy atom. The summed E-state index contributed by atoms with van der Waals surface area (Å²) in [7, 11) is 0. The summed E-state index contributed by atoms with van der Waals surface area (Å²) in [4.78, 5) is 16.7. The van der Waals surface area contributed by atoms with Gasteiger partial charge in [0, 0.05) is 19.6 Å². The van der Waals surface area contributed by atoms with Crippen LogP contribution in [0, 0.1) is 12.7 Å². The number of halogens is 1. The summed E-state index contributed by atoms with van der Waals surface area (Å²) < 4.78 is 15.5. The molecule has 2 aromatic rings. The van der Waals surface area contributed by atoms with Crippen molar-refractivity contribution >= 4 is 11.7 Å². The maximum Gasteiger partial charge on any atom is 0.321 e. The molecule has 7 heteroatoms. The molecule has 3 rings (SSSR count). The Hall–Kier alpha value is -2.41. The molecule has 0 bridgehead atoms. The topological polar surface area (TPSA) is 53.4 Å². The molecule has 1 aliphatic heterocycles. The van der Waals surface area contributed by atoms with E-state index in [0.717, 1.165) is 32.6 Å². The summed E-state index contributed by atoms with van der Waals surface area (Å²) in [6, 6.07) is 6.32. The summed E-state index contributed by atoms with van der Waals surface area (Å²) in [5, 5.41) is 7.14. The van der Waals surface area contributed by atoms with Crippen molar-refractivity contribution in [3.63, 3.8) is 0 Å². The number of hydrogen-bond donors (Lipinski definition) is 1. The second-order valence-corrected chi connectivity index (χ2v) is 6.21. The molecule has 2 heterocycles. The van der Waals surface area contributed by atoms with Gasteiger partial charge in [-0.1, -0.05) is 19.1 Å². The van der Waals surface area contributed by atoms with Gasteiger partial charge < -0.3 is 15.1 Å². The molecule has 6 nitrogen and oxygen atoms in total. The van der Waals surface area contributed by atoms with Gasteiger partial charge in [0.2, 0.25) is 0 Å². The van der Waals surface area contributed by atoms with Gasteiger partial charge >= 0.3 is 6.03 Å². The van der Waals surface area contributed by atoms with Crippen LogP contribution in [0.3, 0.4) is 0 Å². The quantitative estimate of drug-likeness (QED) is 0.931. The lowest BCUT2D eigenvalue weighted by molar-refractivity contribution is 0.212. The van der Waals surface area contributed by atoms with Crippen LogP contribution in [0.4, 0.5) is 14.9 Å². The summed E-state index contributed by atoms with van der Waals surface area (Å²) in [5.74, 6) is -0.348. The monoisotopic (exact) mass is 345 g/mol. The minimum Gasteiger partial charge on any atom is -0.323 e. The molecule has 0 unspecified atom stereocenters. The SMILES string of the molecule is CCN1CCCN(C(=O)Nc2cnn(-c3ccccc3F)c2C)CC1. The largest absolute Gasteiger partial charge is 0.323 e. The van der Waals surface area contributed by atoms with Crippen molar-refractivity contribution in [1.29, 1.82) is 0 Å². The molecule has 0 radical (unpaired) electrons. The van der Waals surface area contributed by atoms with Crippen LogP contribution in [0.15, 0.2) is 30.5 Å². The van der Waals surface area contributed by atoms with Crippen LogP contribution in [-0.2, 0) is 0 Å². The molecule has 1 aromatic heterocycles. The van der Waals surface area contributed by atoms with E-state index in [-0.39, 0.29) is 11.8 Å². The van der Waals surface area contributed by atoms with E-state index < -0.39 is 0 Å². The van der Waals surface area contributed by atoms with Crippen LogP contribution in [0.1, 0.15) is 19.0 Å². The van der Waals surface area contributed by atoms with Crippen LogP contribution in [0.5, 0.6) is 0 Å². The molecular weight excluding hydrogens is 321 g/mol. The number of likely N-dealkylation sites (N-methyl/N-ethyl adjacent to an activating group) is 1. The lowest BCUT2D eigenvalue weighted by atomic mass is 10.3. The molecule has 0 aliphatic carbocycles. The number of carbonyl (C=O) groups is 1. The predicted octanol–water partition coefficient (Wildman–Crippen LogP) is 2.88. The van der Waals surface area contributed by atoms with E-state index in [0.29, 0.717) is 23.6 Å². The number of urea groups is 1. The van der Waals surface area contributed by atoms with E-state index >= 15 is 0 Å². The highest BCUT2D eigenvalue weighted by molar-refractivity contribution is 5.89. The maximum atomic E-state index is 14.0. The number of carbonyl (C=O) groups excluding carboxylic acids is 1. The number of rotatable bonds is 3. The molecule has 25 heavy (non-hydrogen) atoms. The van der Waals surface area contributed by atoms with E-state index in [1.807, 2.05) is 11.8 Å².